The summed E-state index contributed by atoms with van der Waals surface area (Å²) in [5.41, 5.74) is -1.35. The highest BCUT2D eigenvalue weighted by molar-refractivity contribution is 7.99. The van der Waals surface area contributed by atoms with Crippen molar-refractivity contribution in [2.75, 3.05) is 5.84 Å². The fourth-order valence-corrected chi connectivity index (χ4v) is 3.64. The van der Waals surface area contributed by atoms with Crippen LogP contribution < -0.4 is 17.1 Å². The van der Waals surface area contributed by atoms with Crippen LogP contribution in [0.4, 0.5) is 0 Å². The molecule has 3 heterocycles. The topological polar surface area (TPSA) is 125 Å². The molecule has 24 heavy (non-hydrogen) atoms. The van der Waals surface area contributed by atoms with E-state index in [4.69, 9.17) is 5.84 Å². The van der Waals surface area contributed by atoms with E-state index in [-0.39, 0.29) is 15.7 Å². The van der Waals surface area contributed by atoms with Crippen LogP contribution in [0.25, 0.3) is 10.7 Å². The fourth-order valence-electron chi connectivity index (χ4n) is 2.05. The maximum atomic E-state index is 12.1. The Morgan fingerprint density at radius 1 is 1.29 bits per heavy atom. The minimum absolute atomic E-state index is 0.148. The van der Waals surface area contributed by atoms with Crippen molar-refractivity contribution in [3.63, 3.8) is 0 Å². The van der Waals surface area contributed by atoms with Crippen molar-refractivity contribution >= 4 is 23.1 Å². The molecule has 3 aromatic rings. The van der Waals surface area contributed by atoms with Crippen molar-refractivity contribution in [1.82, 2.24) is 24.0 Å². The average Bonchev–Trinajstić information content (AvgIpc) is 3.21. The van der Waals surface area contributed by atoms with Gasteiger partial charge in [-0.1, -0.05) is 6.07 Å². The van der Waals surface area contributed by atoms with Gasteiger partial charge in [0.2, 0.25) is 5.16 Å². The first-order valence-electron chi connectivity index (χ1n) is 6.58. The zero-order chi connectivity index (χ0) is 17.4. The van der Waals surface area contributed by atoms with Gasteiger partial charge in [-0.2, -0.15) is 5.26 Å². The Balaban J connectivity index is 2.13. The highest BCUT2D eigenvalue weighted by Gasteiger charge is 2.20. The summed E-state index contributed by atoms with van der Waals surface area (Å²) in [6.07, 6.45) is 0. The van der Waals surface area contributed by atoms with Gasteiger partial charge in [-0.05, 0) is 23.2 Å². The molecule has 122 valence electrons. The normalized spacial score (nSPS) is 10.7. The van der Waals surface area contributed by atoms with Crippen LogP contribution in [0.3, 0.4) is 0 Å². The molecule has 9 nitrogen and oxygen atoms in total. The summed E-state index contributed by atoms with van der Waals surface area (Å²) in [5.74, 6) is 6.47. The van der Waals surface area contributed by atoms with E-state index >= 15 is 0 Å². The standard InChI is InChI=1S/C13H11N7O2S2/c1-18-10(21)7(6-14)11(19(2)13(18)22)24-12-17-16-9(20(12)15)8-4-3-5-23-8/h3-5H,15H2,1-2H3. The van der Waals surface area contributed by atoms with E-state index < -0.39 is 11.2 Å². The number of thiophene rings is 1. The number of nitrogens with two attached hydrogens (primary N) is 1. The lowest BCUT2D eigenvalue weighted by atomic mass is 10.3. The molecular formula is C13H11N7O2S2. The molecule has 0 aliphatic rings. The van der Waals surface area contributed by atoms with Crippen LogP contribution in [0.15, 0.2) is 37.3 Å². The molecule has 0 amide bonds. The van der Waals surface area contributed by atoms with Gasteiger partial charge in [-0.25, -0.2) is 9.47 Å². The second-order valence-electron chi connectivity index (χ2n) is 4.75. The second kappa shape index (κ2) is 5.99. The van der Waals surface area contributed by atoms with Gasteiger partial charge in [0.1, 0.15) is 16.7 Å². The second-order valence-corrected chi connectivity index (χ2v) is 6.66. The number of hydrogen-bond acceptors (Lipinski definition) is 8. The lowest BCUT2D eigenvalue weighted by Gasteiger charge is -2.10. The van der Waals surface area contributed by atoms with E-state index in [9.17, 15) is 14.9 Å². The third kappa shape index (κ3) is 2.41. The van der Waals surface area contributed by atoms with Gasteiger partial charge in [0.15, 0.2) is 5.82 Å². The molecular weight excluding hydrogens is 350 g/mol. The minimum Gasteiger partial charge on any atom is -0.335 e. The van der Waals surface area contributed by atoms with Gasteiger partial charge in [-0.3, -0.25) is 13.9 Å². The summed E-state index contributed by atoms with van der Waals surface area (Å²) in [7, 11) is 2.79. The molecule has 0 bridgehead atoms. The molecule has 0 spiro atoms. The number of aromatic nitrogens is 5. The predicted octanol–water partition coefficient (Wildman–Crippen LogP) is 0.141. The SMILES string of the molecule is Cn1c(Sc2nnc(-c3cccs3)n2N)c(C#N)c(=O)n(C)c1=O. The molecule has 0 aromatic carbocycles. The maximum absolute atomic E-state index is 12.1. The Kier molecular flexibility index (Phi) is 4.00. The van der Waals surface area contributed by atoms with Crippen molar-refractivity contribution in [3.8, 4) is 16.8 Å². The van der Waals surface area contributed by atoms with Crippen LogP contribution in [-0.4, -0.2) is 24.0 Å². The van der Waals surface area contributed by atoms with Gasteiger partial charge in [0.05, 0.1) is 4.88 Å². The van der Waals surface area contributed by atoms with Gasteiger partial charge in [0.25, 0.3) is 5.56 Å². The number of hydrogen-bond donors (Lipinski definition) is 1. The van der Waals surface area contributed by atoms with Crippen molar-refractivity contribution in [1.29, 1.82) is 5.26 Å². The summed E-state index contributed by atoms with van der Waals surface area (Å²) >= 11 is 2.40. The van der Waals surface area contributed by atoms with E-state index in [1.54, 1.807) is 0 Å². The molecule has 0 atom stereocenters. The average molecular weight is 361 g/mol. The van der Waals surface area contributed by atoms with Crippen LogP contribution in [0.5, 0.6) is 0 Å². The van der Waals surface area contributed by atoms with Crippen LogP contribution in [0.2, 0.25) is 0 Å². The molecule has 3 rings (SSSR count). The lowest BCUT2D eigenvalue weighted by Crippen LogP contribution is -2.39. The largest absolute Gasteiger partial charge is 0.335 e. The maximum Gasteiger partial charge on any atom is 0.331 e. The third-order valence-corrected chi connectivity index (χ3v) is 5.31. The van der Waals surface area contributed by atoms with Crippen LogP contribution in [-0.2, 0) is 14.1 Å². The summed E-state index contributed by atoms with van der Waals surface area (Å²) in [6.45, 7) is 0. The molecule has 2 N–H and O–H groups in total. The first-order valence-corrected chi connectivity index (χ1v) is 8.27. The number of rotatable bonds is 3. The predicted molar refractivity (Wildman–Crippen MR) is 89.2 cm³/mol. The summed E-state index contributed by atoms with van der Waals surface area (Å²) < 4.78 is 3.36. The Morgan fingerprint density at radius 3 is 2.67 bits per heavy atom. The highest BCUT2D eigenvalue weighted by atomic mass is 32.2. The quantitative estimate of drug-likeness (QED) is 0.519. The first kappa shape index (κ1) is 16.0. The Bertz CT molecular complexity index is 1070. The number of nitrogen functional groups attached to an aromatic ring is 1. The zero-order valence-electron chi connectivity index (χ0n) is 12.6. The molecule has 0 aliphatic carbocycles. The number of nitriles is 1. The zero-order valence-corrected chi connectivity index (χ0v) is 14.3. The third-order valence-electron chi connectivity index (χ3n) is 3.32. The van der Waals surface area contributed by atoms with E-state index in [2.05, 4.69) is 10.2 Å². The molecule has 0 radical (unpaired) electrons. The van der Waals surface area contributed by atoms with Gasteiger partial charge < -0.3 is 5.84 Å². The fraction of sp³-hybridized carbons (Fsp3) is 0.154. The van der Waals surface area contributed by atoms with Crippen LogP contribution in [0.1, 0.15) is 5.56 Å². The summed E-state index contributed by atoms with van der Waals surface area (Å²) in [6, 6.07) is 5.55. The number of nitrogens with zero attached hydrogens (tertiary/aromatic N) is 6. The molecule has 0 unspecified atom stereocenters. The molecule has 0 fully saturated rings. The van der Waals surface area contributed by atoms with E-state index in [1.807, 2.05) is 23.6 Å². The van der Waals surface area contributed by atoms with Crippen LogP contribution in [0, 0.1) is 11.3 Å². The molecule has 3 aromatic heterocycles. The molecule has 0 saturated carbocycles. The monoisotopic (exact) mass is 361 g/mol. The van der Waals surface area contributed by atoms with Gasteiger partial charge in [0, 0.05) is 14.1 Å². The van der Waals surface area contributed by atoms with Crippen molar-refractivity contribution in [2.24, 2.45) is 14.1 Å². The van der Waals surface area contributed by atoms with E-state index in [0.29, 0.717) is 5.82 Å². The molecule has 0 aliphatic heterocycles. The highest BCUT2D eigenvalue weighted by Crippen LogP contribution is 2.29. The van der Waals surface area contributed by atoms with Gasteiger partial charge in [-0.15, -0.1) is 21.5 Å². The summed E-state index contributed by atoms with van der Waals surface area (Å²) in [4.78, 5) is 25.0. The van der Waals surface area contributed by atoms with Crippen molar-refractivity contribution in [3.05, 3.63) is 43.9 Å². The summed E-state index contributed by atoms with van der Waals surface area (Å²) in [5, 5.41) is 19.6. The minimum atomic E-state index is -0.662. The lowest BCUT2D eigenvalue weighted by molar-refractivity contribution is 0.629. The van der Waals surface area contributed by atoms with Gasteiger partial charge >= 0.3 is 5.69 Å². The van der Waals surface area contributed by atoms with E-state index in [1.165, 1.54) is 34.7 Å². The smallest absolute Gasteiger partial charge is 0.331 e. The van der Waals surface area contributed by atoms with Crippen LogP contribution >= 0.6 is 23.1 Å². The van der Waals surface area contributed by atoms with Crippen molar-refractivity contribution in [2.45, 2.75) is 10.2 Å². The van der Waals surface area contributed by atoms with Crippen molar-refractivity contribution < 1.29 is 0 Å². The van der Waals surface area contributed by atoms with E-state index in [0.717, 1.165) is 21.2 Å². The molecule has 11 heteroatoms. The Hall–Kier alpha value is -2.84. The molecule has 0 saturated heterocycles. The Morgan fingerprint density at radius 2 is 2.04 bits per heavy atom. The first-order chi connectivity index (χ1) is 11.5. The Labute approximate surface area is 143 Å².